The molecule has 1 spiro atoms. The van der Waals surface area contributed by atoms with Crippen molar-refractivity contribution in [2.45, 2.75) is 43.5 Å². The number of thioether (sulfide) groups is 1. The predicted octanol–water partition coefficient (Wildman–Crippen LogP) is 2.57. The number of ether oxygens (including phenoxy) is 1. The molecule has 2 aliphatic rings. The van der Waals surface area contributed by atoms with E-state index in [1.54, 1.807) is 0 Å². The second kappa shape index (κ2) is 4.97. The zero-order valence-corrected chi connectivity index (χ0v) is 10.4. The molecule has 100 valence electrons. The largest absolute Gasteiger partial charge is 0.403 e. The highest BCUT2D eigenvalue weighted by Crippen LogP contribution is 2.42. The van der Waals surface area contributed by atoms with Gasteiger partial charge in [0.15, 0.2) is 0 Å². The molecule has 0 bridgehead atoms. The Hall–Kier alpha value is 0.0600. The Kier molecular flexibility index (Phi) is 3.95. The van der Waals surface area contributed by atoms with Crippen molar-refractivity contribution < 1.29 is 17.9 Å². The van der Waals surface area contributed by atoms with E-state index in [1.807, 2.05) is 11.8 Å². The van der Waals surface area contributed by atoms with E-state index in [0.29, 0.717) is 19.4 Å². The predicted molar refractivity (Wildman–Crippen MR) is 62.0 cm³/mol. The van der Waals surface area contributed by atoms with Crippen molar-refractivity contribution in [2.24, 2.45) is 11.7 Å². The Morgan fingerprint density at radius 2 is 1.94 bits per heavy atom. The van der Waals surface area contributed by atoms with Crippen LogP contribution in [0.15, 0.2) is 0 Å². The van der Waals surface area contributed by atoms with E-state index >= 15 is 0 Å². The molecule has 0 radical (unpaired) electrons. The molecule has 17 heavy (non-hydrogen) atoms. The van der Waals surface area contributed by atoms with Crippen LogP contribution < -0.4 is 5.73 Å². The average Bonchev–Trinajstić information content (AvgIpc) is 2.28. The minimum Gasteiger partial charge on any atom is -0.375 e. The van der Waals surface area contributed by atoms with Crippen LogP contribution in [0.3, 0.4) is 0 Å². The lowest BCUT2D eigenvalue weighted by molar-refractivity contribution is -0.180. The molecule has 2 atom stereocenters. The highest BCUT2D eigenvalue weighted by atomic mass is 32.2. The topological polar surface area (TPSA) is 35.2 Å². The van der Waals surface area contributed by atoms with Gasteiger partial charge in [0.1, 0.15) is 6.04 Å². The maximum absolute atomic E-state index is 12.6. The van der Waals surface area contributed by atoms with Crippen molar-refractivity contribution in [1.82, 2.24) is 0 Å². The molecule has 2 rings (SSSR count). The van der Waals surface area contributed by atoms with Gasteiger partial charge in [0, 0.05) is 6.61 Å². The van der Waals surface area contributed by atoms with Crippen molar-refractivity contribution >= 4 is 11.8 Å². The smallest absolute Gasteiger partial charge is 0.375 e. The fraction of sp³-hybridized carbons (Fsp3) is 1.00. The molecule has 0 aromatic rings. The van der Waals surface area contributed by atoms with Gasteiger partial charge in [-0.2, -0.15) is 24.9 Å². The third-order valence-corrected chi connectivity index (χ3v) is 4.81. The third kappa shape index (κ3) is 3.09. The van der Waals surface area contributed by atoms with Gasteiger partial charge in [0.2, 0.25) is 0 Å². The molecule has 2 nitrogen and oxygen atoms in total. The molecule has 0 aromatic heterocycles. The normalized spacial score (nSPS) is 31.4. The number of halogens is 3. The lowest BCUT2D eigenvalue weighted by Gasteiger charge is -2.44. The van der Waals surface area contributed by atoms with Crippen molar-refractivity contribution in [3.63, 3.8) is 0 Å². The quantitative estimate of drug-likeness (QED) is 0.794. The summed E-state index contributed by atoms with van der Waals surface area (Å²) in [5.74, 6) is 1.48. The van der Waals surface area contributed by atoms with Gasteiger partial charge in [-0.05, 0) is 43.1 Å². The summed E-state index contributed by atoms with van der Waals surface area (Å²) < 4.78 is 43.6. The molecule has 0 aromatic carbocycles. The molecular weight excluding hydrogens is 251 g/mol. The first-order chi connectivity index (χ1) is 7.93. The molecule has 0 amide bonds. The van der Waals surface area contributed by atoms with E-state index in [0.717, 1.165) is 24.3 Å². The van der Waals surface area contributed by atoms with Gasteiger partial charge in [-0.1, -0.05) is 0 Å². The number of rotatable bonds is 1. The molecule has 0 aliphatic carbocycles. The van der Waals surface area contributed by atoms with Gasteiger partial charge in [0.25, 0.3) is 0 Å². The van der Waals surface area contributed by atoms with Gasteiger partial charge >= 0.3 is 6.18 Å². The maximum Gasteiger partial charge on any atom is 0.403 e. The first-order valence-electron chi connectivity index (χ1n) is 5.97. The van der Waals surface area contributed by atoms with E-state index in [-0.39, 0.29) is 5.60 Å². The van der Waals surface area contributed by atoms with Crippen LogP contribution in [0, 0.1) is 5.92 Å². The van der Waals surface area contributed by atoms with Gasteiger partial charge in [-0.25, -0.2) is 0 Å². The van der Waals surface area contributed by atoms with Crippen LogP contribution in [0.25, 0.3) is 0 Å². The van der Waals surface area contributed by atoms with E-state index in [9.17, 15) is 13.2 Å². The number of hydrogen-bond acceptors (Lipinski definition) is 3. The van der Waals surface area contributed by atoms with Crippen LogP contribution in [0.2, 0.25) is 0 Å². The lowest BCUT2D eigenvalue weighted by Crippen LogP contribution is -2.51. The Labute approximate surface area is 103 Å². The first-order valence-corrected chi connectivity index (χ1v) is 7.12. The average molecular weight is 269 g/mol. The maximum atomic E-state index is 12.6. The summed E-state index contributed by atoms with van der Waals surface area (Å²) in [6, 6.07) is -1.70. The van der Waals surface area contributed by atoms with Crippen LogP contribution in [0.4, 0.5) is 13.2 Å². The van der Waals surface area contributed by atoms with Crippen LogP contribution in [-0.4, -0.2) is 35.9 Å². The second-order valence-electron chi connectivity index (χ2n) is 4.96. The zero-order chi connectivity index (χ0) is 12.5. The standard InChI is InChI=1S/C11H18F3NOS/c12-11(13,14)9(15)8-1-4-16-10(7-8)2-5-17-6-3-10/h8-9H,1-7,15H2. The summed E-state index contributed by atoms with van der Waals surface area (Å²) in [4.78, 5) is 0. The Bertz CT molecular complexity index is 260. The number of nitrogens with two attached hydrogens (primary N) is 1. The fourth-order valence-electron chi connectivity index (χ4n) is 2.73. The number of alkyl halides is 3. The van der Waals surface area contributed by atoms with E-state index in [1.165, 1.54) is 0 Å². The van der Waals surface area contributed by atoms with Crippen molar-refractivity contribution in [3.8, 4) is 0 Å². The molecular formula is C11H18F3NOS. The van der Waals surface area contributed by atoms with Gasteiger partial charge in [-0.3, -0.25) is 0 Å². The summed E-state index contributed by atoms with van der Waals surface area (Å²) in [7, 11) is 0. The summed E-state index contributed by atoms with van der Waals surface area (Å²) >= 11 is 1.84. The van der Waals surface area contributed by atoms with Crippen molar-refractivity contribution in [1.29, 1.82) is 0 Å². The summed E-state index contributed by atoms with van der Waals surface area (Å²) in [5, 5.41) is 0. The number of hydrogen-bond donors (Lipinski definition) is 1. The van der Waals surface area contributed by atoms with Gasteiger partial charge < -0.3 is 10.5 Å². The molecule has 2 saturated heterocycles. The van der Waals surface area contributed by atoms with E-state index in [4.69, 9.17) is 10.5 Å². The molecule has 2 unspecified atom stereocenters. The van der Waals surface area contributed by atoms with E-state index < -0.39 is 18.1 Å². The van der Waals surface area contributed by atoms with Crippen LogP contribution in [0.1, 0.15) is 25.7 Å². The summed E-state index contributed by atoms with van der Waals surface area (Å²) in [5.41, 5.74) is 5.01. The molecule has 2 fully saturated rings. The third-order valence-electron chi connectivity index (χ3n) is 3.82. The van der Waals surface area contributed by atoms with Crippen LogP contribution >= 0.6 is 11.8 Å². The van der Waals surface area contributed by atoms with Crippen molar-refractivity contribution in [2.75, 3.05) is 18.1 Å². The monoisotopic (exact) mass is 269 g/mol. The van der Waals surface area contributed by atoms with Gasteiger partial charge in [0.05, 0.1) is 5.60 Å². The second-order valence-corrected chi connectivity index (χ2v) is 6.19. The van der Waals surface area contributed by atoms with E-state index in [2.05, 4.69) is 0 Å². The first kappa shape index (κ1) is 13.5. The minimum atomic E-state index is -4.29. The van der Waals surface area contributed by atoms with Crippen molar-refractivity contribution in [3.05, 3.63) is 0 Å². The Balaban J connectivity index is 2.01. The molecule has 6 heteroatoms. The minimum absolute atomic E-state index is 0.322. The molecule has 2 N–H and O–H groups in total. The van der Waals surface area contributed by atoms with Crippen LogP contribution in [0.5, 0.6) is 0 Å². The SMILES string of the molecule is NC(C1CCOC2(CCSCC2)C1)C(F)(F)F. The van der Waals surface area contributed by atoms with Gasteiger partial charge in [-0.15, -0.1) is 0 Å². The zero-order valence-electron chi connectivity index (χ0n) is 9.63. The Morgan fingerprint density at radius 1 is 1.29 bits per heavy atom. The molecule has 2 heterocycles. The molecule has 2 aliphatic heterocycles. The highest BCUT2D eigenvalue weighted by molar-refractivity contribution is 7.99. The fourth-order valence-corrected chi connectivity index (χ4v) is 3.97. The highest BCUT2D eigenvalue weighted by Gasteiger charge is 2.47. The summed E-state index contributed by atoms with van der Waals surface area (Å²) in [6.45, 7) is 0.416. The molecule has 0 saturated carbocycles. The van der Waals surface area contributed by atoms with Crippen LogP contribution in [-0.2, 0) is 4.74 Å². The summed E-state index contributed by atoms with van der Waals surface area (Å²) in [6.07, 6.45) is -1.67. The lowest BCUT2D eigenvalue weighted by atomic mass is 9.78. The Morgan fingerprint density at radius 3 is 2.53 bits per heavy atom.